The molecule has 0 saturated carbocycles. The lowest BCUT2D eigenvalue weighted by atomic mass is 9.59. The number of nitrogens with zero attached hydrogens (tertiary/aromatic N) is 1. The van der Waals surface area contributed by atoms with Gasteiger partial charge in [0.1, 0.15) is 11.5 Å². The number of methoxy groups -OCH3 is 1. The molecule has 1 aliphatic heterocycles. The number of carbonyl (C=O) groups is 4. The number of allylic oxidation sites excluding steroid dienone is 6. The fourth-order valence-electron chi connectivity index (χ4n) is 6.41. The quantitative estimate of drug-likeness (QED) is 0.374. The number of carbonyl (C=O) groups excluding carboxylic acids is 4. The summed E-state index contributed by atoms with van der Waals surface area (Å²) in [6.07, 6.45) is 3.90. The number of thiophene rings is 1. The van der Waals surface area contributed by atoms with Gasteiger partial charge in [-0.15, -0.1) is 11.3 Å². The molecule has 2 heterocycles. The van der Waals surface area contributed by atoms with Gasteiger partial charge in [0.15, 0.2) is 11.6 Å². The molecule has 4 unspecified atom stereocenters. The van der Waals surface area contributed by atoms with E-state index >= 15 is 0 Å². The smallest absolute Gasteiger partial charge is 0.234 e. The molecule has 1 fully saturated rings. The second-order valence-corrected chi connectivity index (χ2v) is 11.0. The van der Waals surface area contributed by atoms with E-state index in [0.29, 0.717) is 34.5 Å². The maximum atomic E-state index is 13.7. The molecule has 8 heteroatoms. The summed E-state index contributed by atoms with van der Waals surface area (Å²) in [4.78, 5) is 56.0. The SMILES string of the molecule is COc1ccc(C2C3=CCC4C(=O)N(Cc5cccs5)C(=O)C4C3CC3=C2C(=O)C=C(C)C3=O)c(O)c1. The molecule has 188 valence electrons. The minimum atomic E-state index is -0.685. The van der Waals surface area contributed by atoms with Gasteiger partial charge in [0.25, 0.3) is 0 Å². The third kappa shape index (κ3) is 3.54. The maximum absolute atomic E-state index is 13.7. The Balaban J connectivity index is 1.47. The molecular weight excluding hydrogens is 490 g/mol. The van der Waals surface area contributed by atoms with Gasteiger partial charge < -0.3 is 9.84 Å². The molecule has 4 atom stereocenters. The zero-order valence-electron chi connectivity index (χ0n) is 20.4. The largest absolute Gasteiger partial charge is 0.507 e. The van der Waals surface area contributed by atoms with Crippen LogP contribution < -0.4 is 4.74 Å². The zero-order valence-corrected chi connectivity index (χ0v) is 21.2. The van der Waals surface area contributed by atoms with Crippen molar-refractivity contribution in [2.45, 2.75) is 32.2 Å². The third-order valence-electron chi connectivity index (χ3n) is 8.10. The third-order valence-corrected chi connectivity index (χ3v) is 8.96. The van der Waals surface area contributed by atoms with Crippen molar-refractivity contribution in [3.05, 3.63) is 80.6 Å². The van der Waals surface area contributed by atoms with Gasteiger partial charge in [-0.2, -0.15) is 0 Å². The van der Waals surface area contributed by atoms with Crippen LogP contribution in [-0.4, -0.2) is 40.5 Å². The van der Waals surface area contributed by atoms with E-state index in [1.807, 2.05) is 23.6 Å². The first-order valence-corrected chi connectivity index (χ1v) is 13.1. The second kappa shape index (κ2) is 8.66. The van der Waals surface area contributed by atoms with Crippen molar-refractivity contribution >= 4 is 34.7 Å². The van der Waals surface area contributed by atoms with E-state index in [2.05, 4.69) is 0 Å². The Labute approximate surface area is 217 Å². The Hall–Kier alpha value is -3.78. The van der Waals surface area contributed by atoms with Crippen molar-refractivity contribution in [3.8, 4) is 11.5 Å². The highest BCUT2D eigenvalue weighted by Crippen LogP contribution is 2.56. The number of amides is 2. The number of imide groups is 1. The molecule has 1 N–H and O–H groups in total. The first kappa shape index (κ1) is 23.6. The highest BCUT2D eigenvalue weighted by Gasteiger charge is 2.56. The van der Waals surface area contributed by atoms with Gasteiger partial charge in [0.05, 0.1) is 25.5 Å². The van der Waals surface area contributed by atoms with Crippen molar-refractivity contribution in [3.63, 3.8) is 0 Å². The topological polar surface area (TPSA) is 101 Å². The Morgan fingerprint density at radius 1 is 1.11 bits per heavy atom. The van der Waals surface area contributed by atoms with Crippen LogP contribution in [0.15, 0.2) is 70.2 Å². The molecule has 2 amide bonds. The number of fused-ring (bicyclic) bond motifs is 3. The van der Waals surface area contributed by atoms with Crippen molar-refractivity contribution in [2.24, 2.45) is 17.8 Å². The fraction of sp³-hybridized carbons (Fsp3) is 0.310. The zero-order chi connectivity index (χ0) is 26.0. The normalized spacial score (nSPS) is 27.0. The predicted molar refractivity (Wildman–Crippen MR) is 136 cm³/mol. The highest BCUT2D eigenvalue weighted by molar-refractivity contribution is 7.09. The molecule has 1 aromatic heterocycles. The van der Waals surface area contributed by atoms with Crippen molar-refractivity contribution in [1.29, 1.82) is 0 Å². The van der Waals surface area contributed by atoms with Gasteiger partial charge in [-0.3, -0.25) is 24.1 Å². The number of phenolic OH excluding ortho intramolecular Hbond substituents is 1. The van der Waals surface area contributed by atoms with Crippen molar-refractivity contribution in [2.75, 3.05) is 7.11 Å². The number of ketones is 2. The molecule has 6 rings (SSSR count). The summed E-state index contributed by atoms with van der Waals surface area (Å²) in [6, 6.07) is 8.67. The predicted octanol–water partition coefficient (Wildman–Crippen LogP) is 4.09. The molecule has 4 aliphatic rings. The van der Waals surface area contributed by atoms with Gasteiger partial charge in [0, 0.05) is 39.1 Å². The Bertz CT molecular complexity index is 1460. The maximum Gasteiger partial charge on any atom is 0.234 e. The number of phenols is 1. The van der Waals surface area contributed by atoms with Crippen LogP contribution in [0.1, 0.15) is 36.1 Å². The standard InChI is InChI=1S/C29H25NO6S/c1-14-10-23(32)26-21(27(14)33)12-20-17(24(26)18-6-5-15(36-2)11-22(18)31)7-8-19-25(20)29(35)30(28(19)34)13-16-4-3-9-37-16/h3-7,9-11,19-20,24-25,31H,8,12-13H2,1-2H3. The number of benzene rings is 1. The Morgan fingerprint density at radius 3 is 2.62 bits per heavy atom. The van der Waals surface area contributed by atoms with Crippen LogP contribution in [0.5, 0.6) is 11.5 Å². The molecule has 0 radical (unpaired) electrons. The van der Waals surface area contributed by atoms with Gasteiger partial charge in [0.2, 0.25) is 11.8 Å². The van der Waals surface area contributed by atoms with E-state index in [4.69, 9.17) is 4.74 Å². The summed E-state index contributed by atoms with van der Waals surface area (Å²) >= 11 is 1.49. The lowest BCUT2D eigenvalue weighted by molar-refractivity contribution is -0.140. The molecule has 0 spiro atoms. The Morgan fingerprint density at radius 2 is 1.92 bits per heavy atom. The summed E-state index contributed by atoms with van der Waals surface area (Å²) in [7, 11) is 1.50. The van der Waals surface area contributed by atoms with Crippen LogP contribution in [0.2, 0.25) is 0 Å². The number of ether oxygens (including phenoxy) is 1. The number of aromatic hydroxyl groups is 1. The highest BCUT2D eigenvalue weighted by atomic mass is 32.1. The molecule has 2 aromatic rings. The molecule has 7 nitrogen and oxygen atoms in total. The molecule has 1 aromatic carbocycles. The van der Waals surface area contributed by atoms with Crippen LogP contribution in [-0.2, 0) is 25.7 Å². The van der Waals surface area contributed by atoms with Gasteiger partial charge in [-0.1, -0.05) is 23.8 Å². The van der Waals surface area contributed by atoms with Crippen LogP contribution in [0.25, 0.3) is 0 Å². The van der Waals surface area contributed by atoms with Crippen molar-refractivity contribution in [1.82, 2.24) is 4.90 Å². The summed E-state index contributed by atoms with van der Waals surface area (Å²) < 4.78 is 5.24. The minimum absolute atomic E-state index is 0.0560. The number of likely N-dealkylation sites (tertiary alicyclic amines) is 1. The van der Waals surface area contributed by atoms with E-state index in [1.165, 1.54) is 35.5 Å². The first-order valence-electron chi connectivity index (χ1n) is 12.2. The molecule has 0 bridgehead atoms. The lowest BCUT2D eigenvalue weighted by Crippen LogP contribution is -2.39. The van der Waals surface area contributed by atoms with Crippen molar-refractivity contribution < 1.29 is 29.0 Å². The van der Waals surface area contributed by atoms with E-state index in [-0.39, 0.29) is 42.1 Å². The monoisotopic (exact) mass is 515 g/mol. The lowest BCUT2D eigenvalue weighted by Gasteiger charge is -2.42. The molecule has 3 aliphatic carbocycles. The van der Waals surface area contributed by atoms with E-state index in [9.17, 15) is 24.3 Å². The van der Waals surface area contributed by atoms with Crippen LogP contribution in [0.4, 0.5) is 0 Å². The number of rotatable bonds is 4. The van der Waals surface area contributed by atoms with Crippen LogP contribution in [0.3, 0.4) is 0 Å². The second-order valence-electron chi connectivity index (χ2n) is 10.00. The summed E-state index contributed by atoms with van der Waals surface area (Å²) in [6.45, 7) is 1.85. The van der Waals surface area contributed by atoms with Gasteiger partial charge >= 0.3 is 0 Å². The average Bonchev–Trinajstić information content (AvgIpc) is 3.49. The summed E-state index contributed by atoms with van der Waals surface area (Å²) in [5.41, 5.74) is 2.38. The fourth-order valence-corrected chi connectivity index (χ4v) is 7.10. The number of hydrogen-bond donors (Lipinski definition) is 1. The molecule has 1 saturated heterocycles. The van der Waals surface area contributed by atoms with Crippen LogP contribution in [0, 0.1) is 17.8 Å². The summed E-state index contributed by atoms with van der Waals surface area (Å²) in [5.74, 6) is -2.72. The minimum Gasteiger partial charge on any atom is -0.507 e. The average molecular weight is 516 g/mol. The van der Waals surface area contributed by atoms with E-state index in [0.717, 1.165) is 10.5 Å². The summed E-state index contributed by atoms with van der Waals surface area (Å²) in [5, 5.41) is 12.9. The molecule has 37 heavy (non-hydrogen) atoms. The van der Waals surface area contributed by atoms with Gasteiger partial charge in [-0.05, 0) is 49.3 Å². The Kier molecular flexibility index (Phi) is 5.53. The van der Waals surface area contributed by atoms with Crippen LogP contribution >= 0.6 is 11.3 Å². The van der Waals surface area contributed by atoms with Gasteiger partial charge in [-0.25, -0.2) is 0 Å². The first-order chi connectivity index (χ1) is 17.8. The number of Topliss-reactive ketones (excluding diaryl/α,β-unsaturated/α-hetero) is 1. The van der Waals surface area contributed by atoms with E-state index in [1.54, 1.807) is 19.1 Å². The molecular formula is C29H25NO6S. The number of hydrogen-bond acceptors (Lipinski definition) is 7. The van der Waals surface area contributed by atoms with E-state index < -0.39 is 23.7 Å².